The Morgan fingerprint density at radius 2 is 1.81 bits per heavy atom. The van der Waals surface area contributed by atoms with Crippen molar-refractivity contribution in [2.75, 3.05) is 7.11 Å². The maximum Gasteiger partial charge on any atom is 0.251 e. The molecular weight excluding hydrogens is 288 g/mol. The molecule has 0 spiro atoms. The van der Waals surface area contributed by atoms with Gasteiger partial charge in [-0.15, -0.1) is 12.4 Å². The van der Waals surface area contributed by atoms with E-state index in [1.54, 1.807) is 31.6 Å². The molecule has 2 rings (SSSR count). The van der Waals surface area contributed by atoms with E-state index in [0.717, 1.165) is 22.4 Å². The summed E-state index contributed by atoms with van der Waals surface area (Å²) in [5.74, 6) is 0.770. The number of hydrogen-bond acceptors (Lipinski definition) is 3. The van der Waals surface area contributed by atoms with Crippen molar-refractivity contribution in [2.24, 2.45) is 0 Å². The molecule has 1 N–H and O–H groups in total. The minimum Gasteiger partial charge on any atom is -0.496 e. The Balaban J connectivity index is 0.00000220. The normalized spacial score (nSPS) is 9.67. The summed E-state index contributed by atoms with van der Waals surface area (Å²) < 4.78 is 5.28. The summed E-state index contributed by atoms with van der Waals surface area (Å²) in [5.41, 5.74) is 3.94. The van der Waals surface area contributed by atoms with E-state index in [0.29, 0.717) is 12.1 Å². The number of hydrogen-bond donors (Lipinski definition) is 1. The highest BCUT2D eigenvalue weighted by molar-refractivity contribution is 5.93. The van der Waals surface area contributed by atoms with Crippen LogP contribution in [0.5, 0.6) is 5.75 Å². The monoisotopic (exact) mass is 306 g/mol. The predicted octanol–water partition coefficient (Wildman–Crippen LogP) is 3.06. The molecule has 0 saturated carbocycles. The third-order valence-corrected chi connectivity index (χ3v) is 3.45. The molecule has 4 nitrogen and oxygen atoms in total. The zero-order valence-corrected chi connectivity index (χ0v) is 13.2. The SMILES string of the molecule is COc1ccc(CNC(=O)c2ccncc2)c(C)c1C.Cl. The molecule has 5 heteroatoms. The molecule has 1 aromatic carbocycles. The summed E-state index contributed by atoms with van der Waals surface area (Å²) in [6.45, 7) is 4.55. The smallest absolute Gasteiger partial charge is 0.251 e. The lowest BCUT2D eigenvalue weighted by molar-refractivity contribution is 0.0950. The number of halogens is 1. The molecule has 0 aliphatic carbocycles. The van der Waals surface area contributed by atoms with E-state index >= 15 is 0 Å². The predicted molar refractivity (Wildman–Crippen MR) is 85.1 cm³/mol. The highest BCUT2D eigenvalue weighted by Gasteiger charge is 2.09. The zero-order chi connectivity index (χ0) is 14.5. The maximum absolute atomic E-state index is 12.0. The van der Waals surface area contributed by atoms with E-state index in [2.05, 4.69) is 10.3 Å². The molecule has 0 atom stereocenters. The van der Waals surface area contributed by atoms with Gasteiger partial charge in [0.05, 0.1) is 7.11 Å². The molecule has 0 aliphatic rings. The van der Waals surface area contributed by atoms with Gasteiger partial charge < -0.3 is 10.1 Å². The van der Waals surface area contributed by atoms with Gasteiger partial charge in [0.15, 0.2) is 0 Å². The van der Waals surface area contributed by atoms with Crippen molar-refractivity contribution < 1.29 is 9.53 Å². The van der Waals surface area contributed by atoms with Gasteiger partial charge in [0.2, 0.25) is 0 Å². The van der Waals surface area contributed by atoms with Crippen molar-refractivity contribution in [3.05, 3.63) is 58.9 Å². The summed E-state index contributed by atoms with van der Waals surface area (Å²) in [4.78, 5) is 15.9. The van der Waals surface area contributed by atoms with Gasteiger partial charge in [-0.25, -0.2) is 0 Å². The second-order valence-electron chi connectivity index (χ2n) is 4.60. The second-order valence-corrected chi connectivity index (χ2v) is 4.60. The third-order valence-electron chi connectivity index (χ3n) is 3.45. The van der Waals surface area contributed by atoms with Crippen LogP contribution >= 0.6 is 12.4 Å². The van der Waals surface area contributed by atoms with Gasteiger partial charge in [0.25, 0.3) is 5.91 Å². The van der Waals surface area contributed by atoms with Crippen molar-refractivity contribution in [1.82, 2.24) is 10.3 Å². The minimum absolute atomic E-state index is 0. The molecular formula is C16H19ClN2O2. The van der Waals surface area contributed by atoms with Crippen LogP contribution in [0.3, 0.4) is 0 Å². The molecule has 0 fully saturated rings. The van der Waals surface area contributed by atoms with Crippen LogP contribution in [0.4, 0.5) is 0 Å². The summed E-state index contributed by atoms with van der Waals surface area (Å²) in [5, 5.41) is 2.91. The van der Waals surface area contributed by atoms with E-state index in [9.17, 15) is 4.79 Å². The van der Waals surface area contributed by atoms with Crippen LogP contribution in [0.2, 0.25) is 0 Å². The third kappa shape index (κ3) is 3.95. The van der Waals surface area contributed by atoms with Crippen molar-refractivity contribution in [3.8, 4) is 5.75 Å². The highest BCUT2D eigenvalue weighted by Crippen LogP contribution is 2.23. The Bertz CT molecular complexity index is 615. The van der Waals surface area contributed by atoms with Crippen LogP contribution in [-0.2, 0) is 6.54 Å². The van der Waals surface area contributed by atoms with E-state index in [1.165, 1.54) is 0 Å². The lowest BCUT2D eigenvalue weighted by Crippen LogP contribution is -2.23. The lowest BCUT2D eigenvalue weighted by Gasteiger charge is -2.13. The molecule has 0 unspecified atom stereocenters. The Labute approximate surface area is 131 Å². The van der Waals surface area contributed by atoms with Crippen molar-refractivity contribution in [3.63, 3.8) is 0 Å². The van der Waals surface area contributed by atoms with Gasteiger partial charge in [-0.3, -0.25) is 9.78 Å². The number of carbonyl (C=O) groups is 1. The number of carbonyl (C=O) groups excluding carboxylic acids is 1. The quantitative estimate of drug-likeness (QED) is 0.944. The number of nitrogens with one attached hydrogen (secondary N) is 1. The fourth-order valence-electron chi connectivity index (χ4n) is 2.05. The standard InChI is InChI=1S/C16H18N2O2.ClH/c1-11-12(2)15(20-3)5-4-14(11)10-18-16(19)13-6-8-17-9-7-13;/h4-9H,10H2,1-3H3,(H,18,19);1H. The first kappa shape index (κ1) is 17.0. The van der Waals surface area contributed by atoms with Gasteiger partial charge in [-0.05, 0) is 48.7 Å². The number of pyridine rings is 1. The number of benzene rings is 1. The number of methoxy groups -OCH3 is 1. The average molecular weight is 307 g/mol. The molecule has 112 valence electrons. The first-order chi connectivity index (χ1) is 9.63. The molecule has 0 saturated heterocycles. The largest absolute Gasteiger partial charge is 0.496 e. The topological polar surface area (TPSA) is 51.2 Å². The number of aromatic nitrogens is 1. The highest BCUT2D eigenvalue weighted by atomic mass is 35.5. The average Bonchev–Trinajstić information content (AvgIpc) is 2.49. The van der Waals surface area contributed by atoms with Crippen molar-refractivity contribution >= 4 is 18.3 Å². The summed E-state index contributed by atoms with van der Waals surface area (Å²) in [6, 6.07) is 7.30. The van der Waals surface area contributed by atoms with Gasteiger partial charge in [0, 0.05) is 24.5 Å². The fourth-order valence-corrected chi connectivity index (χ4v) is 2.05. The number of nitrogens with zero attached hydrogens (tertiary/aromatic N) is 1. The van der Waals surface area contributed by atoms with Gasteiger partial charge in [0.1, 0.15) is 5.75 Å². The molecule has 21 heavy (non-hydrogen) atoms. The van der Waals surface area contributed by atoms with E-state index < -0.39 is 0 Å². The first-order valence-electron chi connectivity index (χ1n) is 6.44. The lowest BCUT2D eigenvalue weighted by atomic mass is 10.0. The Morgan fingerprint density at radius 1 is 1.14 bits per heavy atom. The number of amides is 1. The van der Waals surface area contributed by atoms with Crippen LogP contribution in [0, 0.1) is 13.8 Å². The minimum atomic E-state index is -0.0970. The van der Waals surface area contributed by atoms with Crippen LogP contribution in [0.15, 0.2) is 36.7 Å². The molecule has 1 heterocycles. The molecule has 1 aromatic heterocycles. The summed E-state index contributed by atoms with van der Waals surface area (Å²) in [6.07, 6.45) is 3.22. The number of ether oxygens (including phenoxy) is 1. The Hall–Kier alpha value is -2.07. The summed E-state index contributed by atoms with van der Waals surface area (Å²) in [7, 11) is 1.66. The van der Waals surface area contributed by atoms with E-state index in [4.69, 9.17) is 4.74 Å². The number of rotatable bonds is 4. The van der Waals surface area contributed by atoms with E-state index in [-0.39, 0.29) is 18.3 Å². The molecule has 0 radical (unpaired) electrons. The van der Waals surface area contributed by atoms with Gasteiger partial charge in [-0.2, -0.15) is 0 Å². The van der Waals surface area contributed by atoms with Crippen LogP contribution < -0.4 is 10.1 Å². The van der Waals surface area contributed by atoms with Crippen LogP contribution in [0.1, 0.15) is 27.0 Å². The van der Waals surface area contributed by atoms with E-state index in [1.807, 2.05) is 26.0 Å². The van der Waals surface area contributed by atoms with Crippen molar-refractivity contribution in [2.45, 2.75) is 20.4 Å². The van der Waals surface area contributed by atoms with Gasteiger partial charge in [-0.1, -0.05) is 6.07 Å². The molecule has 2 aromatic rings. The molecule has 0 bridgehead atoms. The molecule has 0 aliphatic heterocycles. The van der Waals surface area contributed by atoms with Crippen LogP contribution in [-0.4, -0.2) is 18.0 Å². The van der Waals surface area contributed by atoms with Crippen LogP contribution in [0.25, 0.3) is 0 Å². The Kier molecular flexibility index (Phi) is 6.18. The second kappa shape index (κ2) is 7.64. The van der Waals surface area contributed by atoms with Gasteiger partial charge >= 0.3 is 0 Å². The maximum atomic E-state index is 12.0. The zero-order valence-electron chi connectivity index (χ0n) is 12.3. The Morgan fingerprint density at radius 3 is 2.43 bits per heavy atom. The van der Waals surface area contributed by atoms with Crippen molar-refractivity contribution in [1.29, 1.82) is 0 Å². The molecule has 1 amide bonds. The fraction of sp³-hybridized carbons (Fsp3) is 0.250. The first-order valence-corrected chi connectivity index (χ1v) is 6.44. The summed E-state index contributed by atoms with van der Waals surface area (Å²) >= 11 is 0.